The number of rotatable bonds is 5. The summed E-state index contributed by atoms with van der Waals surface area (Å²) in [7, 11) is 0. The molecule has 0 saturated carbocycles. The fourth-order valence-corrected chi connectivity index (χ4v) is 2.15. The average molecular weight is 396 g/mol. The van der Waals surface area contributed by atoms with Gasteiger partial charge in [-0.2, -0.15) is 0 Å². The van der Waals surface area contributed by atoms with Crippen LogP contribution < -0.4 is 5.32 Å². The van der Waals surface area contributed by atoms with Gasteiger partial charge < -0.3 is 10.4 Å². The van der Waals surface area contributed by atoms with Crippen LogP contribution in [0.2, 0.25) is 0 Å². The van der Waals surface area contributed by atoms with E-state index in [1.807, 2.05) is 24.3 Å². The summed E-state index contributed by atoms with van der Waals surface area (Å²) in [5.74, 6) is -1.56. The van der Waals surface area contributed by atoms with Crippen LogP contribution in [0.25, 0.3) is 0 Å². The number of nitrogens with one attached hydrogen (secondary N) is 1. The molecule has 1 aromatic carbocycles. The molecule has 0 saturated heterocycles. The maximum atomic E-state index is 12.0. The minimum absolute atomic E-state index is 0.200. The highest BCUT2D eigenvalue weighted by Gasteiger charge is 2.21. The monoisotopic (exact) mass is 396 g/mol. The van der Waals surface area contributed by atoms with Crippen LogP contribution in [0.15, 0.2) is 48.7 Å². The quantitative estimate of drug-likeness (QED) is 0.759. The molecular formula is C15H13IN2O3. The third-order valence-corrected chi connectivity index (χ3v) is 3.57. The molecule has 0 aliphatic heterocycles. The number of carbonyl (C=O) groups is 2. The summed E-state index contributed by atoms with van der Waals surface area (Å²) in [6.07, 6.45) is 1.72. The van der Waals surface area contributed by atoms with Crippen molar-refractivity contribution in [1.82, 2.24) is 10.3 Å². The number of carboxylic acid groups (broad SMARTS) is 1. The first kappa shape index (κ1) is 15.4. The van der Waals surface area contributed by atoms with E-state index in [9.17, 15) is 14.7 Å². The number of amides is 1. The number of pyridine rings is 1. The number of hydrogen-bond acceptors (Lipinski definition) is 3. The summed E-state index contributed by atoms with van der Waals surface area (Å²) in [6.45, 7) is 0. The minimum Gasteiger partial charge on any atom is -0.480 e. The second-order valence-electron chi connectivity index (χ2n) is 4.41. The van der Waals surface area contributed by atoms with Crippen LogP contribution in [-0.4, -0.2) is 28.0 Å². The Balaban J connectivity index is 2.07. The Morgan fingerprint density at radius 1 is 1.19 bits per heavy atom. The molecule has 2 N–H and O–H groups in total. The van der Waals surface area contributed by atoms with E-state index in [2.05, 4.69) is 32.9 Å². The molecular weight excluding hydrogens is 383 g/mol. The van der Waals surface area contributed by atoms with Crippen LogP contribution in [0, 0.1) is 3.57 Å². The standard InChI is InChI=1S/C15H13IN2O3/c16-11-6-4-10(5-7-11)9-13(15(20)21)18-14(19)12-3-1-2-8-17-12/h1-8,13H,9H2,(H,18,19)(H,20,21)/t13-/m0/s1. The highest BCUT2D eigenvalue weighted by Crippen LogP contribution is 2.09. The molecule has 1 amide bonds. The summed E-state index contributed by atoms with van der Waals surface area (Å²) in [6, 6.07) is 11.4. The van der Waals surface area contributed by atoms with Crippen molar-refractivity contribution in [3.63, 3.8) is 0 Å². The molecule has 6 heteroatoms. The predicted octanol–water partition coefficient (Wildman–Crippen LogP) is 2.11. The molecule has 1 aromatic heterocycles. The number of aliphatic carboxylic acids is 1. The molecule has 1 atom stereocenters. The third kappa shape index (κ3) is 4.52. The summed E-state index contributed by atoms with van der Waals surface area (Å²) >= 11 is 2.18. The van der Waals surface area contributed by atoms with Gasteiger partial charge in [0.05, 0.1) is 0 Å². The lowest BCUT2D eigenvalue weighted by Gasteiger charge is -2.14. The molecule has 0 aliphatic rings. The molecule has 1 heterocycles. The van der Waals surface area contributed by atoms with Crippen LogP contribution in [-0.2, 0) is 11.2 Å². The Kier molecular flexibility index (Phi) is 5.26. The molecule has 0 bridgehead atoms. The lowest BCUT2D eigenvalue weighted by Crippen LogP contribution is -2.42. The predicted molar refractivity (Wildman–Crippen MR) is 86.0 cm³/mol. The van der Waals surface area contributed by atoms with Gasteiger partial charge in [0.2, 0.25) is 0 Å². The van der Waals surface area contributed by atoms with Crippen molar-refractivity contribution in [1.29, 1.82) is 0 Å². The molecule has 0 aliphatic carbocycles. The van der Waals surface area contributed by atoms with Crippen LogP contribution in [0.1, 0.15) is 16.1 Å². The topological polar surface area (TPSA) is 79.3 Å². The largest absolute Gasteiger partial charge is 0.480 e. The number of hydrogen-bond donors (Lipinski definition) is 2. The van der Waals surface area contributed by atoms with E-state index >= 15 is 0 Å². The number of aromatic nitrogens is 1. The van der Waals surface area contributed by atoms with Gasteiger partial charge in [-0.05, 0) is 52.4 Å². The van der Waals surface area contributed by atoms with Gasteiger partial charge >= 0.3 is 5.97 Å². The van der Waals surface area contributed by atoms with E-state index in [4.69, 9.17) is 0 Å². The van der Waals surface area contributed by atoms with Crippen molar-refractivity contribution in [2.45, 2.75) is 12.5 Å². The first-order valence-electron chi connectivity index (χ1n) is 6.25. The normalized spacial score (nSPS) is 11.7. The van der Waals surface area contributed by atoms with Crippen molar-refractivity contribution in [2.24, 2.45) is 0 Å². The maximum absolute atomic E-state index is 12.0. The van der Waals surface area contributed by atoms with Gasteiger partial charge in [-0.15, -0.1) is 0 Å². The van der Waals surface area contributed by atoms with Crippen molar-refractivity contribution in [2.75, 3.05) is 0 Å². The summed E-state index contributed by atoms with van der Waals surface area (Å²) in [5.41, 5.74) is 1.05. The van der Waals surface area contributed by atoms with Gasteiger partial charge in [0, 0.05) is 16.2 Å². The summed E-state index contributed by atoms with van der Waals surface area (Å²) < 4.78 is 1.07. The van der Waals surface area contributed by atoms with E-state index in [0.29, 0.717) is 0 Å². The Labute approximate surface area is 135 Å². The Hall–Kier alpha value is -1.96. The lowest BCUT2D eigenvalue weighted by atomic mass is 10.1. The molecule has 2 aromatic rings. The van der Waals surface area contributed by atoms with E-state index < -0.39 is 17.9 Å². The van der Waals surface area contributed by atoms with Crippen LogP contribution in [0.5, 0.6) is 0 Å². The zero-order valence-corrected chi connectivity index (χ0v) is 13.1. The van der Waals surface area contributed by atoms with Crippen molar-refractivity contribution < 1.29 is 14.7 Å². The number of nitrogens with zero attached hydrogens (tertiary/aromatic N) is 1. The number of halogens is 1. The van der Waals surface area contributed by atoms with E-state index in [1.54, 1.807) is 18.2 Å². The lowest BCUT2D eigenvalue weighted by molar-refractivity contribution is -0.139. The van der Waals surface area contributed by atoms with Crippen LogP contribution >= 0.6 is 22.6 Å². The minimum atomic E-state index is -1.07. The second kappa shape index (κ2) is 7.16. The Bertz CT molecular complexity index is 629. The molecule has 0 fully saturated rings. The van der Waals surface area contributed by atoms with Gasteiger partial charge in [0.15, 0.2) is 0 Å². The van der Waals surface area contributed by atoms with Gasteiger partial charge in [-0.25, -0.2) is 4.79 Å². The highest BCUT2D eigenvalue weighted by atomic mass is 127. The third-order valence-electron chi connectivity index (χ3n) is 2.85. The molecule has 5 nitrogen and oxygen atoms in total. The molecule has 0 spiro atoms. The first-order valence-corrected chi connectivity index (χ1v) is 7.33. The Morgan fingerprint density at radius 3 is 2.48 bits per heavy atom. The second-order valence-corrected chi connectivity index (χ2v) is 5.66. The maximum Gasteiger partial charge on any atom is 0.326 e. The van der Waals surface area contributed by atoms with Gasteiger partial charge in [-0.1, -0.05) is 18.2 Å². The van der Waals surface area contributed by atoms with E-state index in [1.165, 1.54) is 6.20 Å². The fraction of sp³-hybridized carbons (Fsp3) is 0.133. The van der Waals surface area contributed by atoms with Crippen molar-refractivity contribution in [3.05, 3.63) is 63.5 Å². The zero-order chi connectivity index (χ0) is 15.2. The van der Waals surface area contributed by atoms with E-state index in [0.717, 1.165) is 9.13 Å². The molecule has 0 radical (unpaired) electrons. The summed E-state index contributed by atoms with van der Waals surface area (Å²) in [4.78, 5) is 27.2. The number of benzene rings is 1. The number of carbonyl (C=O) groups excluding carboxylic acids is 1. The average Bonchev–Trinajstić information content (AvgIpc) is 2.49. The summed E-state index contributed by atoms with van der Waals surface area (Å²) in [5, 5.41) is 11.7. The van der Waals surface area contributed by atoms with Gasteiger partial charge in [0.25, 0.3) is 5.91 Å². The van der Waals surface area contributed by atoms with Gasteiger partial charge in [-0.3, -0.25) is 9.78 Å². The number of carboxylic acids is 1. The smallest absolute Gasteiger partial charge is 0.326 e. The highest BCUT2D eigenvalue weighted by molar-refractivity contribution is 14.1. The van der Waals surface area contributed by atoms with Crippen LogP contribution in [0.4, 0.5) is 0 Å². The molecule has 0 unspecified atom stereocenters. The molecule has 108 valence electrons. The van der Waals surface area contributed by atoms with Crippen LogP contribution in [0.3, 0.4) is 0 Å². The zero-order valence-electron chi connectivity index (χ0n) is 11.0. The Morgan fingerprint density at radius 2 is 1.90 bits per heavy atom. The SMILES string of the molecule is O=C(N[C@@H](Cc1ccc(I)cc1)C(=O)O)c1ccccn1. The first-order chi connectivity index (χ1) is 10.1. The van der Waals surface area contributed by atoms with Gasteiger partial charge in [0.1, 0.15) is 11.7 Å². The van der Waals surface area contributed by atoms with E-state index in [-0.39, 0.29) is 12.1 Å². The van der Waals surface area contributed by atoms with Crippen molar-refractivity contribution in [3.8, 4) is 0 Å². The molecule has 21 heavy (non-hydrogen) atoms. The fourth-order valence-electron chi connectivity index (χ4n) is 1.79. The molecule has 2 rings (SSSR count). The van der Waals surface area contributed by atoms with Crippen molar-refractivity contribution >= 4 is 34.5 Å².